The number of halogens is 1. The number of aromatic nitrogens is 2. The van der Waals surface area contributed by atoms with E-state index in [1.807, 2.05) is 20.8 Å². The lowest BCUT2D eigenvalue weighted by Gasteiger charge is -2.20. The van der Waals surface area contributed by atoms with Crippen LogP contribution in [0.4, 0.5) is 4.39 Å². The summed E-state index contributed by atoms with van der Waals surface area (Å²) in [5.74, 6) is 1.00. The highest BCUT2D eigenvalue weighted by molar-refractivity contribution is 5.30. The minimum absolute atomic E-state index is 0.178. The van der Waals surface area contributed by atoms with Gasteiger partial charge in [0.25, 0.3) is 0 Å². The Labute approximate surface area is 123 Å². The van der Waals surface area contributed by atoms with E-state index in [1.165, 1.54) is 12.1 Å². The van der Waals surface area contributed by atoms with Crippen molar-refractivity contribution in [2.75, 3.05) is 0 Å². The summed E-state index contributed by atoms with van der Waals surface area (Å²) in [6.45, 7) is 5.90. The Morgan fingerprint density at radius 3 is 2.62 bits per heavy atom. The second-order valence-electron chi connectivity index (χ2n) is 5.82. The Morgan fingerprint density at radius 1 is 1.33 bits per heavy atom. The molecule has 0 bridgehead atoms. The van der Waals surface area contributed by atoms with Crippen LogP contribution in [0.2, 0.25) is 0 Å². The van der Waals surface area contributed by atoms with Crippen molar-refractivity contribution in [2.24, 2.45) is 5.92 Å². The van der Waals surface area contributed by atoms with Crippen LogP contribution < -0.4 is 0 Å². The third-order valence-electron chi connectivity index (χ3n) is 3.56. The third-order valence-corrected chi connectivity index (χ3v) is 3.56. The number of benzene rings is 1. The maximum atomic E-state index is 13.0. The van der Waals surface area contributed by atoms with E-state index in [4.69, 9.17) is 9.78 Å². The minimum Gasteiger partial charge on any atom is -0.339 e. The van der Waals surface area contributed by atoms with Crippen molar-refractivity contribution in [3.63, 3.8) is 0 Å². The molecule has 1 atom stereocenters. The van der Waals surface area contributed by atoms with Crippen molar-refractivity contribution in [1.29, 1.82) is 5.26 Å². The molecule has 5 heteroatoms. The van der Waals surface area contributed by atoms with Crippen LogP contribution in [0.15, 0.2) is 28.8 Å². The number of nitriles is 1. The number of hydrogen-bond acceptors (Lipinski definition) is 4. The molecule has 21 heavy (non-hydrogen) atoms. The van der Waals surface area contributed by atoms with E-state index >= 15 is 0 Å². The Kier molecular flexibility index (Phi) is 4.37. The van der Waals surface area contributed by atoms with Gasteiger partial charge in [-0.3, -0.25) is 0 Å². The Morgan fingerprint density at radius 2 is 2.00 bits per heavy atom. The van der Waals surface area contributed by atoms with Gasteiger partial charge in [-0.2, -0.15) is 10.2 Å². The molecule has 0 fully saturated rings. The van der Waals surface area contributed by atoms with Crippen LogP contribution in [0.1, 0.15) is 44.5 Å². The molecule has 110 valence electrons. The molecular weight excluding hydrogens is 269 g/mol. The van der Waals surface area contributed by atoms with Crippen LogP contribution in [-0.4, -0.2) is 10.1 Å². The van der Waals surface area contributed by atoms with Gasteiger partial charge < -0.3 is 4.52 Å². The van der Waals surface area contributed by atoms with Gasteiger partial charge in [0.2, 0.25) is 5.89 Å². The Balaban J connectivity index is 2.19. The average molecular weight is 287 g/mol. The maximum Gasteiger partial charge on any atom is 0.226 e. The summed E-state index contributed by atoms with van der Waals surface area (Å²) in [5, 5.41) is 12.7. The van der Waals surface area contributed by atoms with Gasteiger partial charge in [-0.1, -0.05) is 24.2 Å². The van der Waals surface area contributed by atoms with E-state index in [9.17, 15) is 4.39 Å². The lowest BCUT2D eigenvalue weighted by Crippen LogP contribution is -2.20. The van der Waals surface area contributed by atoms with Gasteiger partial charge in [-0.15, -0.1) is 0 Å². The molecule has 1 unspecified atom stereocenters. The summed E-state index contributed by atoms with van der Waals surface area (Å²) < 4.78 is 18.3. The summed E-state index contributed by atoms with van der Waals surface area (Å²) in [6.07, 6.45) is 1.04. The molecule has 0 aliphatic heterocycles. The van der Waals surface area contributed by atoms with E-state index in [-0.39, 0.29) is 11.7 Å². The van der Waals surface area contributed by atoms with Crippen molar-refractivity contribution in [3.05, 3.63) is 47.4 Å². The highest BCUT2D eigenvalue weighted by Gasteiger charge is 2.29. The molecule has 0 aliphatic carbocycles. The first-order chi connectivity index (χ1) is 9.93. The summed E-state index contributed by atoms with van der Waals surface area (Å²) in [5.41, 5.74) is 0.454. The van der Waals surface area contributed by atoms with Crippen molar-refractivity contribution in [2.45, 2.75) is 39.0 Å². The number of nitrogens with zero attached hydrogens (tertiary/aromatic N) is 3. The largest absolute Gasteiger partial charge is 0.339 e. The lowest BCUT2D eigenvalue weighted by molar-refractivity contribution is 0.349. The molecule has 1 aromatic carbocycles. The SMILES string of the molecule is CC(CC#N)Cc1nc(C(C)(C)c2ccc(F)cc2)no1. The minimum atomic E-state index is -0.464. The predicted octanol–water partition coefficient (Wildman–Crippen LogP) is 3.63. The first kappa shape index (κ1) is 15.2. The molecule has 1 heterocycles. The number of hydrogen-bond donors (Lipinski definition) is 0. The second-order valence-corrected chi connectivity index (χ2v) is 5.82. The fraction of sp³-hybridized carbons (Fsp3) is 0.438. The Hall–Kier alpha value is -2.22. The normalized spacial score (nSPS) is 12.9. The van der Waals surface area contributed by atoms with Crippen LogP contribution in [0.3, 0.4) is 0 Å². The molecule has 0 spiro atoms. The zero-order valence-electron chi connectivity index (χ0n) is 12.4. The second kappa shape index (κ2) is 6.04. The van der Waals surface area contributed by atoms with Gasteiger partial charge in [0, 0.05) is 12.8 Å². The van der Waals surface area contributed by atoms with Crippen molar-refractivity contribution >= 4 is 0 Å². The molecule has 2 rings (SSSR count). The van der Waals surface area contributed by atoms with Crippen LogP contribution in [0.25, 0.3) is 0 Å². The fourth-order valence-electron chi connectivity index (χ4n) is 2.11. The quantitative estimate of drug-likeness (QED) is 0.842. The Bertz CT molecular complexity index is 640. The standard InChI is InChI=1S/C16H18FN3O/c1-11(8-9-18)10-14-19-15(20-21-14)16(2,3)12-4-6-13(17)7-5-12/h4-7,11H,8,10H2,1-3H3. The van der Waals surface area contributed by atoms with E-state index in [1.54, 1.807) is 12.1 Å². The molecule has 0 N–H and O–H groups in total. The highest BCUT2D eigenvalue weighted by atomic mass is 19.1. The molecule has 0 aliphatic rings. The fourth-order valence-corrected chi connectivity index (χ4v) is 2.11. The van der Waals surface area contributed by atoms with Gasteiger partial charge in [-0.05, 0) is 37.5 Å². The first-order valence-corrected chi connectivity index (χ1v) is 6.89. The smallest absolute Gasteiger partial charge is 0.226 e. The third kappa shape index (κ3) is 3.46. The zero-order valence-corrected chi connectivity index (χ0v) is 12.4. The molecule has 0 saturated heterocycles. The zero-order chi connectivity index (χ0) is 15.5. The van der Waals surface area contributed by atoms with Gasteiger partial charge in [0.1, 0.15) is 5.82 Å². The summed E-state index contributed by atoms with van der Waals surface area (Å²) in [7, 11) is 0. The van der Waals surface area contributed by atoms with Crippen molar-refractivity contribution in [1.82, 2.24) is 10.1 Å². The molecule has 0 amide bonds. The molecule has 0 radical (unpaired) electrons. The summed E-state index contributed by atoms with van der Waals surface area (Å²) in [6, 6.07) is 8.43. The topological polar surface area (TPSA) is 62.7 Å². The maximum absolute atomic E-state index is 13.0. The molecule has 1 aromatic heterocycles. The molecular formula is C16H18FN3O. The summed E-state index contributed by atoms with van der Waals surface area (Å²) in [4.78, 5) is 4.42. The van der Waals surface area contributed by atoms with E-state index in [0.29, 0.717) is 24.6 Å². The van der Waals surface area contributed by atoms with E-state index < -0.39 is 5.41 Å². The van der Waals surface area contributed by atoms with E-state index in [2.05, 4.69) is 16.2 Å². The first-order valence-electron chi connectivity index (χ1n) is 6.89. The molecule has 4 nitrogen and oxygen atoms in total. The summed E-state index contributed by atoms with van der Waals surface area (Å²) >= 11 is 0. The van der Waals surface area contributed by atoms with Gasteiger partial charge >= 0.3 is 0 Å². The van der Waals surface area contributed by atoms with Crippen LogP contribution >= 0.6 is 0 Å². The molecule has 0 saturated carbocycles. The van der Waals surface area contributed by atoms with Gasteiger partial charge in [0.05, 0.1) is 11.5 Å². The number of rotatable bonds is 5. The van der Waals surface area contributed by atoms with E-state index in [0.717, 1.165) is 5.56 Å². The monoisotopic (exact) mass is 287 g/mol. The average Bonchev–Trinajstić information content (AvgIpc) is 2.88. The predicted molar refractivity (Wildman–Crippen MR) is 75.9 cm³/mol. The lowest BCUT2D eigenvalue weighted by atomic mass is 9.84. The van der Waals surface area contributed by atoms with Crippen molar-refractivity contribution in [3.8, 4) is 6.07 Å². The van der Waals surface area contributed by atoms with Crippen molar-refractivity contribution < 1.29 is 8.91 Å². The van der Waals surface area contributed by atoms with Crippen LogP contribution in [0, 0.1) is 23.1 Å². The van der Waals surface area contributed by atoms with Crippen LogP contribution in [0.5, 0.6) is 0 Å². The van der Waals surface area contributed by atoms with Gasteiger partial charge in [0.15, 0.2) is 5.82 Å². The molecule has 2 aromatic rings. The van der Waals surface area contributed by atoms with Crippen LogP contribution in [-0.2, 0) is 11.8 Å². The highest BCUT2D eigenvalue weighted by Crippen LogP contribution is 2.29. The van der Waals surface area contributed by atoms with Gasteiger partial charge in [-0.25, -0.2) is 4.39 Å².